The third-order valence-electron chi connectivity index (χ3n) is 10.0. The molecule has 3 rings (SSSR count). The highest BCUT2D eigenvalue weighted by atomic mass is 16.4. The minimum atomic E-state index is -1.07. The quantitative estimate of drug-likeness (QED) is 0.0607. The van der Waals surface area contributed by atoms with Crippen LogP contribution in [0, 0.1) is 0 Å². The Bertz CT molecular complexity index is 1160. The van der Waals surface area contributed by atoms with E-state index in [1.54, 1.807) is 14.0 Å². The molecule has 2 aliphatic carbocycles. The van der Waals surface area contributed by atoms with Gasteiger partial charge in [-0.1, -0.05) is 69.4 Å². The number of amidine groups is 1. The molecule has 0 aliphatic heterocycles. The van der Waals surface area contributed by atoms with E-state index in [0.717, 1.165) is 25.0 Å². The number of hydrogen-bond donors (Lipinski definition) is 11. The molecule has 2 saturated carbocycles. The Morgan fingerprint density at radius 3 is 1.42 bits per heavy atom. The van der Waals surface area contributed by atoms with Gasteiger partial charge in [0.05, 0.1) is 12.3 Å². The van der Waals surface area contributed by atoms with E-state index in [2.05, 4.69) is 110 Å². The van der Waals surface area contributed by atoms with Gasteiger partial charge in [0.1, 0.15) is 12.1 Å². The molecule has 1 amide bonds. The molecule has 15 heteroatoms. The van der Waals surface area contributed by atoms with Crippen molar-refractivity contribution in [3.8, 4) is 0 Å². The zero-order chi connectivity index (χ0) is 47.0. The molecular weight excluding hydrogens is 761 g/mol. The number of nitrogens with zero attached hydrogens (tertiary/aromatic N) is 1. The van der Waals surface area contributed by atoms with Crippen molar-refractivity contribution in [2.24, 2.45) is 16.5 Å². The van der Waals surface area contributed by atoms with Gasteiger partial charge >= 0.3 is 11.9 Å². The van der Waals surface area contributed by atoms with Crippen molar-refractivity contribution in [1.82, 2.24) is 37.2 Å². The lowest BCUT2D eigenvalue weighted by molar-refractivity contribution is -0.141. The number of rotatable bonds is 16. The minimum absolute atomic E-state index is 0.175. The summed E-state index contributed by atoms with van der Waals surface area (Å²) in [7, 11) is 13.1. The summed E-state index contributed by atoms with van der Waals surface area (Å²) in [5.74, 6) is -1.98. The zero-order valence-electron chi connectivity index (χ0n) is 40.5. The Kier molecular flexibility index (Phi) is 43.6. The van der Waals surface area contributed by atoms with Crippen molar-refractivity contribution in [1.29, 1.82) is 0 Å². The first-order valence-electron chi connectivity index (χ1n) is 21.9. The number of carboxylic acids is 2. The Morgan fingerprint density at radius 2 is 1.17 bits per heavy atom. The molecule has 0 saturated heterocycles. The highest BCUT2D eigenvalue weighted by Gasteiger charge is 2.17. The van der Waals surface area contributed by atoms with Crippen LogP contribution in [0.1, 0.15) is 138 Å². The van der Waals surface area contributed by atoms with E-state index < -0.39 is 29.9 Å². The molecule has 1 aromatic rings. The second-order valence-electron chi connectivity index (χ2n) is 16.6. The fourth-order valence-electron chi connectivity index (χ4n) is 5.04. The van der Waals surface area contributed by atoms with Crippen LogP contribution in [0.4, 0.5) is 0 Å². The summed E-state index contributed by atoms with van der Waals surface area (Å²) in [5, 5.41) is 38.1. The summed E-state index contributed by atoms with van der Waals surface area (Å²) in [5.41, 5.74) is 12.0. The van der Waals surface area contributed by atoms with Crippen LogP contribution < -0.4 is 48.7 Å². The Labute approximate surface area is 366 Å². The Morgan fingerprint density at radius 1 is 0.733 bits per heavy atom. The van der Waals surface area contributed by atoms with E-state index in [0.29, 0.717) is 29.9 Å². The first-order chi connectivity index (χ1) is 28.1. The van der Waals surface area contributed by atoms with Crippen molar-refractivity contribution >= 4 is 23.7 Å². The van der Waals surface area contributed by atoms with E-state index in [4.69, 9.17) is 21.7 Å². The van der Waals surface area contributed by atoms with Crippen LogP contribution in [0.25, 0.3) is 0 Å². The molecular formula is C45H94N10O5. The molecule has 0 heterocycles. The van der Waals surface area contributed by atoms with Gasteiger partial charge in [-0.25, -0.2) is 0 Å². The highest BCUT2D eigenvalue weighted by molar-refractivity contribution is 5.83. The van der Waals surface area contributed by atoms with Crippen molar-refractivity contribution in [2.45, 2.75) is 174 Å². The predicted molar refractivity (Wildman–Crippen MR) is 255 cm³/mol. The number of hydrogen-bond acceptors (Lipinski definition) is 11. The summed E-state index contributed by atoms with van der Waals surface area (Å²) in [4.78, 5) is 34.9. The highest BCUT2D eigenvalue weighted by Crippen LogP contribution is 2.17. The van der Waals surface area contributed by atoms with Gasteiger partial charge in [0.15, 0.2) is 0 Å². The maximum Gasteiger partial charge on any atom is 0.321 e. The minimum Gasteiger partial charge on any atom is -0.480 e. The van der Waals surface area contributed by atoms with Gasteiger partial charge in [0.25, 0.3) is 0 Å². The number of nitrogens with two attached hydrogens (primary N) is 2. The normalized spacial score (nSPS) is 15.1. The summed E-state index contributed by atoms with van der Waals surface area (Å²) < 4.78 is 0. The first-order valence-corrected chi connectivity index (χ1v) is 21.9. The number of primary amides is 1. The van der Waals surface area contributed by atoms with Gasteiger partial charge in [-0.05, 0) is 141 Å². The molecule has 354 valence electrons. The summed E-state index contributed by atoms with van der Waals surface area (Å²) in [6.07, 6.45) is 15.1. The van der Waals surface area contributed by atoms with Gasteiger partial charge < -0.3 is 58.9 Å². The number of aliphatic carboxylic acids is 2. The maximum absolute atomic E-state index is 10.5. The lowest BCUT2D eigenvalue weighted by Gasteiger charge is -2.20. The first kappa shape index (κ1) is 63.5. The standard InChI is InChI=1S/C8H17N3O2.C8H11N.C7H15N.C6H13N.C6H15N.C5H10N2O3.C5H13N/c1-6(9)11-5-3-4-7(10-2)8(12)13;1-9-7-8-5-3-2-4-6-8;1-8-7-5-3-2-4-6-7;1-7-6-4-2-3-5-6;1-5-6(2,3)7-4;1-7-3(5(9)10)2-4(6)8;1-5(2,3)6-4/h7,10H,3-5H2,1-2H3,(H2,9,11)(H,12,13);2-6,9H,7H2,1H3;7-8H,2-6H2,1H3;6-7H,2-5H2,1H3;7H,5H2,1-4H3;3,7H,2H2,1H3,(H2,6,8)(H,9,10);6H,1-4H3. The molecule has 15 nitrogen and oxygen atoms in total. The van der Waals surface area contributed by atoms with Gasteiger partial charge in [0, 0.05) is 36.3 Å². The smallest absolute Gasteiger partial charge is 0.321 e. The molecule has 2 unspecified atom stereocenters. The average Bonchev–Trinajstić information content (AvgIpc) is 3.76. The molecule has 0 spiro atoms. The van der Waals surface area contributed by atoms with E-state index in [1.807, 2.05) is 39.3 Å². The van der Waals surface area contributed by atoms with Crippen LogP contribution >= 0.6 is 0 Å². The molecule has 0 bridgehead atoms. The van der Waals surface area contributed by atoms with E-state index in [1.165, 1.54) is 76.8 Å². The lowest BCUT2D eigenvalue weighted by Crippen LogP contribution is -2.37. The molecule has 1 aromatic carbocycles. The SMILES string of the molecule is CCC(C)(C)NC.CNC(C)(C)C.CNC(CC(N)=O)C(=O)O.CNC(CCCN=C(C)N)C(=O)O.CNC1CCCC1.CNC1CCCCC1.CNCc1ccccc1. The Hall–Kier alpha value is -3.18. The van der Waals surface area contributed by atoms with Crippen LogP contribution in [0.5, 0.6) is 0 Å². The molecule has 2 fully saturated rings. The van der Waals surface area contributed by atoms with Gasteiger partial charge in [0.2, 0.25) is 5.91 Å². The van der Waals surface area contributed by atoms with Crippen LogP contribution in [0.3, 0.4) is 0 Å². The zero-order valence-corrected chi connectivity index (χ0v) is 40.5. The van der Waals surface area contributed by atoms with Gasteiger partial charge in [-0.3, -0.25) is 19.4 Å². The number of carbonyl (C=O) groups excluding carboxylic acids is 1. The van der Waals surface area contributed by atoms with Crippen molar-refractivity contribution < 1.29 is 24.6 Å². The van der Waals surface area contributed by atoms with E-state index in [9.17, 15) is 14.4 Å². The lowest BCUT2D eigenvalue weighted by atomic mass is 9.96. The molecule has 2 atom stereocenters. The molecule has 0 aromatic heterocycles. The van der Waals surface area contributed by atoms with Gasteiger partial charge in [-0.15, -0.1) is 0 Å². The predicted octanol–water partition coefficient (Wildman–Crippen LogP) is 4.84. The van der Waals surface area contributed by atoms with E-state index in [-0.39, 0.29) is 6.42 Å². The van der Waals surface area contributed by atoms with Crippen molar-refractivity contribution in [3.05, 3.63) is 35.9 Å². The average molecular weight is 855 g/mol. The molecule has 0 radical (unpaired) electrons. The van der Waals surface area contributed by atoms with E-state index >= 15 is 0 Å². The number of benzene rings is 1. The summed E-state index contributed by atoms with van der Waals surface area (Å²) in [6.45, 7) is 16.2. The molecule has 2 aliphatic rings. The summed E-state index contributed by atoms with van der Waals surface area (Å²) >= 11 is 0. The van der Waals surface area contributed by atoms with Gasteiger partial charge in [-0.2, -0.15) is 0 Å². The number of aliphatic imine (C=N–C) groups is 1. The number of nitrogens with one attached hydrogen (secondary N) is 7. The van der Waals surface area contributed by atoms with Crippen molar-refractivity contribution in [2.75, 3.05) is 55.9 Å². The number of amides is 1. The monoisotopic (exact) mass is 855 g/mol. The van der Waals surface area contributed by atoms with Crippen molar-refractivity contribution in [3.63, 3.8) is 0 Å². The second kappa shape index (κ2) is 41.2. The topological polar surface area (TPSA) is 240 Å². The van der Waals surface area contributed by atoms with Crippen LogP contribution in [-0.4, -0.2) is 125 Å². The molecule has 60 heavy (non-hydrogen) atoms. The van der Waals surface area contributed by atoms with Crippen LogP contribution in [-0.2, 0) is 20.9 Å². The number of carbonyl (C=O) groups is 3. The third kappa shape index (κ3) is 45.9. The fraction of sp³-hybridized carbons (Fsp3) is 0.778. The van der Waals surface area contributed by atoms with Crippen LogP contribution in [0.15, 0.2) is 35.3 Å². The third-order valence-corrected chi connectivity index (χ3v) is 10.0. The van der Waals surface area contributed by atoms with Crippen LogP contribution in [0.2, 0.25) is 0 Å². The second-order valence-corrected chi connectivity index (χ2v) is 16.6. The number of carboxylic acid groups (broad SMARTS) is 2. The summed E-state index contributed by atoms with van der Waals surface area (Å²) in [6, 6.07) is 10.7. The largest absolute Gasteiger partial charge is 0.480 e. The maximum atomic E-state index is 10.5. The number of likely N-dealkylation sites (N-methyl/N-ethyl adjacent to an activating group) is 2. The fourth-order valence-corrected chi connectivity index (χ4v) is 5.04. The molecule has 13 N–H and O–H groups in total. The Balaban J connectivity index is -0.000000309.